The first kappa shape index (κ1) is 50.1. The Hall–Kier alpha value is -5.80. The lowest BCUT2D eigenvalue weighted by atomic mass is 9.98. The molecule has 0 aliphatic carbocycles. The summed E-state index contributed by atoms with van der Waals surface area (Å²) in [6, 6.07) is 13.3. The van der Waals surface area contributed by atoms with Crippen molar-refractivity contribution in [3.8, 4) is 0 Å². The van der Waals surface area contributed by atoms with Gasteiger partial charge in [-0.05, 0) is 37.1 Å². The lowest BCUT2D eigenvalue weighted by Crippen LogP contribution is -2.33. The quantitative estimate of drug-likeness (QED) is 0.156. The van der Waals surface area contributed by atoms with Crippen molar-refractivity contribution in [2.45, 2.75) is 87.4 Å². The monoisotopic (exact) mass is 1030 g/mol. The number of amides is 2. The molecule has 8 rings (SSSR count). The predicted octanol–water partition coefficient (Wildman–Crippen LogP) is 4.92. The van der Waals surface area contributed by atoms with E-state index in [2.05, 4.69) is 20.4 Å². The Bertz CT molecular complexity index is 2860. The maximum atomic E-state index is 13.0. The summed E-state index contributed by atoms with van der Waals surface area (Å²) in [5.41, 5.74) is 2.59. The van der Waals surface area contributed by atoms with Crippen LogP contribution in [-0.2, 0) is 68.9 Å². The summed E-state index contributed by atoms with van der Waals surface area (Å²) in [5, 5.41) is 34.5. The molecule has 28 heteroatoms. The van der Waals surface area contributed by atoms with Crippen LogP contribution in [0, 0.1) is 13.8 Å². The molecule has 2 aromatic carbocycles. The van der Waals surface area contributed by atoms with E-state index in [0.717, 1.165) is 12.4 Å². The number of rotatable bonds is 12. The fraction of sp³-hybridized carbons (Fsp3) is 0.350. The fourth-order valence-electron chi connectivity index (χ4n) is 7.61. The van der Waals surface area contributed by atoms with E-state index in [1.54, 1.807) is 48.5 Å². The van der Waals surface area contributed by atoms with Gasteiger partial charge in [-0.25, -0.2) is 0 Å². The second kappa shape index (κ2) is 18.9. The summed E-state index contributed by atoms with van der Waals surface area (Å²) in [4.78, 5) is 28.9. The van der Waals surface area contributed by atoms with Crippen LogP contribution in [0.2, 0.25) is 10.0 Å². The van der Waals surface area contributed by atoms with Crippen molar-refractivity contribution in [1.82, 2.24) is 47.7 Å². The zero-order valence-corrected chi connectivity index (χ0v) is 38.5. The SMILES string of the molecule is Cc1cn(CC(F)(F)F)nc1S(=O)(=O)n1cc2c(n1)CN(C(=O)[C@@H](CO)c1ccccc1Cl)C2.Cc1cn(CC(F)(F)F)nc1S(=O)(=O)n1cc2c(n1)CN(C(=O)[C@H](CO)c1ccccc1Cl)C2. The Morgan fingerprint density at radius 3 is 1.26 bits per heavy atom. The van der Waals surface area contributed by atoms with Gasteiger partial charge in [0.2, 0.25) is 21.9 Å². The molecule has 2 atom stereocenters. The van der Waals surface area contributed by atoms with Gasteiger partial charge >= 0.3 is 32.4 Å². The second-order valence-corrected chi connectivity index (χ2v) is 20.0. The molecule has 6 aromatic rings. The minimum atomic E-state index is -4.56. The molecule has 0 fully saturated rings. The largest absolute Gasteiger partial charge is 0.408 e. The number of halogens is 8. The lowest BCUT2D eigenvalue weighted by Gasteiger charge is -2.22. The van der Waals surface area contributed by atoms with Gasteiger partial charge < -0.3 is 20.0 Å². The molecule has 0 saturated carbocycles. The maximum absolute atomic E-state index is 13.0. The highest BCUT2D eigenvalue weighted by Gasteiger charge is 2.38. The van der Waals surface area contributed by atoms with Crippen LogP contribution in [0.3, 0.4) is 0 Å². The zero-order valence-electron chi connectivity index (χ0n) is 35.4. The lowest BCUT2D eigenvalue weighted by molar-refractivity contribution is -0.143. The van der Waals surface area contributed by atoms with E-state index in [-0.39, 0.29) is 37.3 Å². The van der Waals surface area contributed by atoms with Gasteiger partial charge in [-0.3, -0.25) is 19.0 Å². The molecule has 2 amide bonds. The van der Waals surface area contributed by atoms with Crippen molar-refractivity contribution in [3.63, 3.8) is 0 Å². The van der Waals surface area contributed by atoms with Gasteiger partial charge in [0.1, 0.15) is 13.1 Å². The Morgan fingerprint density at radius 2 is 0.956 bits per heavy atom. The first-order valence-corrected chi connectivity index (χ1v) is 23.6. The molecule has 2 aliphatic heterocycles. The van der Waals surface area contributed by atoms with Gasteiger partial charge in [-0.2, -0.15) is 71.7 Å². The minimum absolute atomic E-state index is 0.000858. The van der Waals surface area contributed by atoms with Gasteiger partial charge in [0.15, 0.2) is 0 Å². The molecule has 2 aliphatic rings. The summed E-state index contributed by atoms with van der Waals surface area (Å²) in [6.45, 7) is -1.00. The number of hydrogen-bond donors (Lipinski definition) is 2. The van der Waals surface area contributed by atoms with Gasteiger partial charge in [-0.1, -0.05) is 59.6 Å². The molecule has 0 unspecified atom stereocenters. The highest BCUT2D eigenvalue weighted by atomic mass is 35.5. The van der Waals surface area contributed by atoms with Crippen LogP contribution in [-0.4, -0.2) is 112 Å². The van der Waals surface area contributed by atoms with Gasteiger partial charge in [0.25, 0.3) is 0 Å². The van der Waals surface area contributed by atoms with Crippen molar-refractivity contribution in [1.29, 1.82) is 0 Å². The van der Waals surface area contributed by atoms with Gasteiger partial charge in [0, 0.05) is 70.2 Å². The summed E-state index contributed by atoms with van der Waals surface area (Å²) >= 11 is 12.3. The number of alkyl halides is 6. The van der Waals surface area contributed by atoms with Crippen LogP contribution in [0.4, 0.5) is 26.3 Å². The molecule has 6 heterocycles. The number of benzene rings is 2. The average Bonchev–Trinajstić information content (AvgIpc) is 4.10. The van der Waals surface area contributed by atoms with E-state index in [4.69, 9.17) is 23.2 Å². The first-order chi connectivity index (χ1) is 31.8. The highest BCUT2D eigenvalue weighted by Crippen LogP contribution is 2.33. The third kappa shape index (κ3) is 10.4. The number of hydrogen-bond acceptors (Lipinski definition) is 12. The maximum Gasteiger partial charge on any atom is 0.408 e. The van der Waals surface area contributed by atoms with E-state index in [1.807, 2.05) is 0 Å². The molecule has 364 valence electrons. The normalized spacial score (nSPS) is 14.9. The van der Waals surface area contributed by atoms with E-state index >= 15 is 0 Å². The van der Waals surface area contributed by atoms with Crippen molar-refractivity contribution in [3.05, 3.63) is 128 Å². The van der Waals surface area contributed by atoms with Crippen molar-refractivity contribution in [2.75, 3.05) is 13.2 Å². The number of aryl methyl sites for hydroxylation is 2. The van der Waals surface area contributed by atoms with Crippen molar-refractivity contribution >= 4 is 55.1 Å². The minimum Gasteiger partial charge on any atom is -0.395 e. The average molecular weight is 1040 g/mol. The molecule has 2 N–H and O–H groups in total. The molecule has 0 spiro atoms. The van der Waals surface area contributed by atoms with Crippen molar-refractivity contribution < 1.29 is 63.0 Å². The second-order valence-electron chi connectivity index (χ2n) is 15.7. The fourth-order valence-corrected chi connectivity index (χ4v) is 10.8. The molecule has 0 saturated heterocycles. The third-order valence-electron chi connectivity index (χ3n) is 10.7. The van der Waals surface area contributed by atoms with E-state index in [1.165, 1.54) is 36.0 Å². The third-order valence-corrected chi connectivity index (χ3v) is 14.6. The highest BCUT2D eigenvalue weighted by molar-refractivity contribution is 7.90. The molecule has 68 heavy (non-hydrogen) atoms. The van der Waals surface area contributed by atoms with Crippen LogP contribution >= 0.6 is 23.2 Å². The zero-order chi connectivity index (χ0) is 49.7. The molecule has 4 aromatic heterocycles. The topological polar surface area (TPSA) is 221 Å². The summed E-state index contributed by atoms with van der Waals surface area (Å²) in [7, 11) is -8.69. The number of aliphatic hydroxyl groups excluding tert-OH is 2. The Labute approximate surface area is 393 Å². The van der Waals surface area contributed by atoms with Crippen molar-refractivity contribution in [2.24, 2.45) is 0 Å². The summed E-state index contributed by atoms with van der Waals surface area (Å²) in [5.74, 6) is -2.59. The number of nitrogens with zero attached hydrogens (tertiary/aromatic N) is 10. The van der Waals surface area contributed by atoms with E-state index in [0.29, 0.717) is 61.2 Å². The Balaban J connectivity index is 0.000000201. The van der Waals surface area contributed by atoms with Crippen LogP contribution in [0.1, 0.15) is 56.6 Å². The predicted molar refractivity (Wildman–Crippen MR) is 227 cm³/mol. The Kier molecular flexibility index (Phi) is 14.0. The molecule has 18 nitrogen and oxygen atoms in total. The molecule has 0 bridgehead atoms. The van der Waals surface area contributed by atoms with Crippen LogP contribution in [0.5, 0.6) is 0 Å². The molecule has 0 radical (unpaired) electrons. The number of fused-ring (bicyclic) bond motifs is 2. The van der Waals surface area contributed by atoms with Crippen LogP contribution < -0.4 is 0 Å². The number of aromatic nitrogens is 8. The van der Waals surface area contributed by atoms with E-state index in [9.17, 15) is 63.0 Å². The number of carbonyl (C=O) groups excluding carboxylic acids is 2. The van der Waals surface area contributed by atoms with Gasteiger partial charge in [0.05, 0.1) is 49.5 Å². The van der Waals surface area contributed by atoms with Crippen LogP contribution in [0.15, 0.2) is 83.4 Å². The molecular weight excluding hydrogens is 998 g/mol. The Morgan fingerprint density at radius 1 is 0.603 bits per heavy atom. The summed E-state index contributed by atoms with van der Waals surface area (Å²) in [6.07, 6.45) is -4.69. The molecular formula is C40H38Cl2F6N10O8S2. The van der Waals surface area contributed by atoms with Crippen LogP contribution in [0.25, 0.3) is 0 Å². The first-order valence-electron chi connectivity index (χ1n) is 20.0. The smallest absolute Gasteiger partial charge is 0.395 e. The standard InChI is InChI=1S/2C20H19ClF3N5O4S/c2*1-12-6-28(11-20(22,23)24)26-18(12)34(32,33)29-8-13-7-27(9-17(13)25-29)19(31)15(10-30)14-4-2-3-5-16(14)21/h2*2-6,8,15,30H,7,9-11H2,1H3/t2*15-/m10/s1. The summed E-state index contributed by atoms with van der Waals surface area (Å²) < 4.78 is 130. The van der Waals surface area contributed by atoms with E-state index < -0.39 is 92.4 Å². The number of carbonyl (C=O) groups is 2. The number of aliphatic hydroxyl groups is 2. The van der Waals surface area contributed by atoms with Gasteiger partial charge in [-0.15, -0.1) is 0 Å².